The zero-order valence-corrected chi connectivity index (χ0v) is 19.3. The zero-order valence-electron chi connectivity index (χ0n) is 19.3. The van der Waals surface area contributed by atoms with E-state index in [0.717, 1.165) is 0 Å². The summed E-state index contributed by atoms with van der Waals surface area (Å²) in [5, 5.41) is 18.1. The lowest BCUT2D eigenvalue weighted by molar-refractivity contribution is -0.117. The van der Waals surface area contributed by atoms with Gasteiger partial charge in [-0.3, -0.25) is 9.89 Å². The minimum Gasteiger partial charge on any atom is -0.377 e. The van der Waals surface area contributed by atoms with Gasteiger partial charge >= 0.3 is 0 Å². The minimum atomic E-state index is -0.479. The Bertz CT molecular complexity index is 1280. The zero-order chi connectivity index (χ0) is 24.4. The molecule has 0 radical (unpaired) electrons. The quantitative estimate of drug-likeness (QED) is 0.369. The number of amides is 1. The molecule has 2 aliphatic heterocycles. The monoisotopic (exact) mass is 475 g/mol. The second kappa shape index (κ2) is 9.67. The van der Waals surface area contributed by atoms with Crippen molar-refractivity contribution in [3.8, 4) is 11.1 Å². The lowest BCUT2D eigenvalue weighted by Crippen LogP contribution is -2.44. The number of nitrogens with one attached hydrogen (secondary N) is 3. The van der Waals surface area contributed by atoms with Crippen LogP contribution in [0, 0.1) is 11.2 Å². The van der Waals surface area contributed by atoms with Crippen LogP contribution in [0.3, 0.4) is 0 Å². The average Bonchev–Trinajstić information content (AvgIpc) is 3.37. The Hall–Kier alpha value is -4.05. The molecule has 9 nitrogen and oxygen atoms in total. The summed E-state index contributed by atoms with van der Waals surface area (Å²) in [6.45, 7) is 4.24. The van der Waals surface area contributed by atoms with E-state index in [-0.39, 0.29) is 11.9 Å². The molecule has 1 aromatic carbocycles. The molecule has 180 valence electrons. The van der Waals surface area contributed by atoms with Gasteiger partial charge in [0.05, 0.1) is 25.5 Å². The van der Waals surface area contributed by atoms with Crippen molar-refractivity contribution in [2.45, 2.75) is 19.4 Å². The number of anilines is 4. The van der Waals surface area contributed by atoms with Gasteiger partial charge in [0.2, 0.25) is 5.91 Å². The van der Waals surface area contributed by atoms with Crippen LogP contribution in [0.4, 0.5) is 27.5 Å². The van der Waals surface area contributed by atoms with Crippen molar-refractivity contribution in [1.29, 1.82) is 5.41 Å². The van der Waals surface area contributed by atoms with Crippen molar-refractivity contribution >= 4 is 35.3 Å². The summed E-state index contributed by atoms with van der Waals surface area (Å²) in [4.78, 5) is 20.8. The lowest BCUT2D eigenvalue weighted by Gasteiger charge is -2.35. The molecule has 35 heavy (non-hydrogen) atoms. The number of benzene rings is 1. The number of carbonyl (C=O) groups is 1. The second-order valence-electron chi connectivity index (χ2n) is 8.49. The average molecular weight is 476 g/mol. The highest BCUT2D eigenvalue weighted by molar-refractivity contribution is 5.98. The molecule has 2 aliphatic rings. The Morgan fingerprint density at radius 3 is 2.86 bits per heavy atom. The van der Waals surface area contributed by atoms with E-state index in [2.05, 4.69) is 20.4 Å². The number of nitrogens with zero attached hydrogens (tertiary/aromatic N) is 4. The fraction of sp³-hybridized carbons (Fsp3) is 0.280. The van der Waals surface area contributed by atoms with Crippen LogP contribution in [0.2, 0.25) is 0 Å². The molecule has 1 amide bonds. The topological polar surface area (TPSA) is 110 Å². The summed E-state index contributed by atoms with van der Waals surface area (Å²) in [5.41, 5.74) is 1.79. The van der Waals surface area contributed by atoms with Crippen LogP contribution in [0.15, 0.2) is 48.7 Å². The van der Waals surface area contributed by atoms with Crippen LogP contribution in [-0.2, 0) is 9.53 Å². The maximum absolute atomic E-state index is 15.6. The number of aromatic amines is 1. The summed E-state index contributed by atoms with van der Waals surface area (Å²) in [7, 11) is 0. The van der Waals surface area contributed by atoms with Gasteiger partial charge in [0.25, 0.3) is 0 Å². The molecule has 4 heterocycles. The van der Waals surface area contributed by atoms with Crippen molar-refractivity contribution in [2.24, 2.45) is 0 Å². The van der Waals surface area contributed by atoms with E-state index < -0.39 is 5.82 Å². The van der Waals surface area contributed by atoms with Crippen molar-refractivity contribution < 1.29 is 13.9 Å². The van der Waals surface area contributed by atoms with Gasteiger partial charge in [0, 0.05) is 54.2 Å². The SMILES string of the molecule is C[C@@H]1COCCN1c1cc(-c2ccc(N3CC=CCC3=O)cc2F)c(C=N)c(Nc2ccn[nH]2)n1. The first-order chi connectivity index (χ1) is 17.0. The molecular weight excluding hydrogens is 449 g/mol. The van der Waals surface area contributed by atoms with Crippen molar-refractivity contribution in [2.75, 3.05) is 41.4 Å². The number of pyridine rings is 1. The molecule has 0 aliphatic carbocycles. The first-order valence-electron chi connectivity index (χ1n) is 11.5. The van der Waals surface area contributed by atoms with Crippen LogP contribution in [0.1, 0.15) is 18.9 Å². The predicted molar refractivity (Wildman–Crippen MR) is 133 cm³/mol. The number of rotatable bonds is 6. The Balaban J connectivity index is 1.61. The van der Waals surface area contributed by atoms with Crippen molar-refractivity contribution in [3.63, 3.8) is 0 Å². The fourth-order valence-electron chi connectivity index (χ4n) is 4.39. The summed E-state index contributed by atoms with van der Waals surface area (Å²) < 4.78 is 21.1. The normalized spacial score (nSPS) is 18.1. The molecule has 1 atom stereocenters. The molecule has 0 bridgehead atoms. The van der Waals surface area contributed by atoms with E-state index in [1.165, 1.54) is 12.3 Å². The summed E-state index contributed by atoms with van der Waals surface area (Å²) in [6.07, 6.45) is 6.79. The highest BCUT2D eigenvalue weighted by Crippen LogP contribution is 2.36. The Labute approximate surface area is 202 Å². The molecule has 1 saturated heterocycles. The Kier molecular flexibility index (Phi) is 6.28. The predicted octanol–water partition coefficient (Wildman–Crippen LogP) is 3.87. The lowest BCUT2D eigenvalue weighted by atomic mass is 9.99. The maximum Gasteiger partial charge on any atom is 0.231 e. The van der Waals surface area contributed by atoms with E-state index in [0.29, 0.717) is 72.6 Å². The van der Waals surface area contributed by atoms with Crippen molar-refractivity contribution in [1.82, 2.24) is 15.2 Å². The minimum absolute atomic E-state index is 0.0709. The van der Waals surface area contributed by atoms with Gasteiger partial charge in [-0.15, -0.1) is 0 Å². The Morgan fingerprint density at radius 1 is 1.26 bits per heavy atom. The van der Waals surface area contributed by atoms with Gasteiger partial charge in [-0.1, -0.05) is 12.2 Å². The van der Waals surface area contributed by atoms with Crippen LogP contribution in [0.5, 0.6) is 0 Å². The number of aromatic nitrogens is 3. The van der Waals surface area contributed by atoms with Crippen LogP contribution < -0.4 is 15.1 Å². The molecule has 5 rings (SSSR count). The van der Waals surface area contributed by atoms with Crippen LogP contribution in [-0.4, -0.2) is 59.6 Å². The molecule has 0 spiro atoms. The molecule has 0 unspecified atom stereocenters. The van der Waals surface area contributed by atoms with E-state index in [1.54, 1.807) is 29.3 Å². The third-order valence-electron chi connectivity index (χ3n) is 6.21. The Morgan fingerprint density at radius 2 is 2.14 bits per heavy atom. The number of H-pyrrole nitrogens is 1. The van der Waals surface area contributed by atoms with E-state index in [9.17, 15) is 4.79 Å². The number of morpholine rings is 1. The van der Waals surface area contributed by atoms with E-state index in [1.807, 2.05) is 25.1 Å². The fourth-order valence-corrected chi connectivity index (χ4v) is 4.39. The first-order valence-corrected chi connectivity index (χ1v) is 11.5. The number of hydrogen-bond acceptors (Lipinski definition) is 7. The van der Waals surface area contributed by atoms with Gasteiger partial charge < -0.3 is 25.3 Å². The third kappa shape index (κ3) is 4.52. The molecule has 2 aromatic heterocycles. The summed E-state index contributed by atoms with van der Waals surface area (Å²) >= 11 is 0. The second-order valence-corrected chi connectivity index (χ2v) is 8.49. The number of hydrogen-bond donors (Lipinski definition) is 3. The van der Waals surface area contributed by atoms with Crippen LogP contribution >= 0.6 is 0 Å². The maximum atomic E-state index is 15.6. The van der Waals surface area contributed by atoms with Gasteiger partial charge in [-0.25, -0.2) is 9.37 Å². The van der Waals surface area contributed by atoms with Gasteiger partial charge in [-0.2, -0.15) is 5.10 Å². The van der Waals surface area contributed by atoms with Gasteiger partial charge in [0.15, 0.2) is 0 Å². The summed E-state index contributed by atoms with van der Waals surface area (Å²) in [6, 6.07) is 8.42. The molecule has 0 saturated carbocycles. The highest BCUT2D eigenvalue weighted by atomic mass is 19.1. The first kappa shape index (κ1) is 22.7. The smallest absolute Gasteiger partial charge is 0.231 e. The molecule has 10 heteroatoms. The number of carbonyl (C=O) groups excluding carboxylic acids is 1. The molecule has 3 aromatic rings. The van der Waals surface area contributed by atoms with E-state index in [4.69, 9.17) is 15.1 Å². The number of halogens is 1. The van der Waals surface area contributed by atoms with E-state index >= 15 is 4.39 Å². The van der Waals surface area contributed by atoms with Gasteiger partial charge in [-0.05, 0) is 31.2 Å². The highest BCUT2D eigenvalue weighted by Gasteiger charge is 2.25. The van der Waals surface area contributed by atoms with Gasteiger partial charge in [0.1, 0.15) is 23.3 Å². The largest absolute Gasteiger partial charge is 0.377 e. The van der Waals surface area contributed by atoms with Crippen molar-refractivity contribution in [3.05, 3.63) is 60.1 Å². The van der Waals surface area contributed by atoms with Crippen LogP contribution in [0.25, 0.3) is 11.1 Å². The molecule has 3 N–H and O–H groups in total. The number of ether oxygens (including phenoxy) is 1. The third-order valence-corrected chi connectivity index (χ3v) is 6.21. The summed E-state index contributed by atoms with van der Waals surface area (Å²) in [5.74, 6) is 1.12. The molecule has 1 fully saturated rings. The molecular formula is C25H26FN7O2. The standard InChI is InChI=1S/C25H26FN7O2/c1-16-15-35-11-10-32(16)23-13-19(20(14-27)25(30-23)29-22-7-8-28-31-22)18-6-5-17(12-21(18)26)33-9-3-2-4-24(33)34/h2-3,5-8,12-14,16,27H,4,9-11,15H2,1H3,(H2,28,29,30,31)/t16-/m1/s1.